The Morgan fingerprint density at radius 3 is 2.58 bits per heavy atom. The van der Waals surface area contributed by atoms with Crippen molar-refractivity contribution in [2.45, 2.75) is 26.3 Å². The van der Waals surface area contributed by atoms with Crippen molar-refractivity contribution in [3.8, 4) is 0 Å². The minimum atomic E-state index is -0.793. The van der Waals surface area contributed by atoms with E-state index in [2.05, 4.69) is 4.37 Å². The molecule has 0 fully saturated rings. The second-order valence-corrected chi connectivity index (χ2v) is 4.19. The zero-order chi connectivity index (χ0) is 9.35. The van der Waals surface area contributed by atoms with Crippen molar-refractivity contribution in [3.63, 3.8) is 0 Å². The van der Waals surface area contributed by atoms with E-state index in [1.807, 2.05) is 6.92 Å². The Hall–Kier alpha value is -0.740. The van der Waals surface area contributed by atoms with Gasteiger partial charge in [-0.2, -0.15) is 4.37 Å². The van der Waals surface area contributed by atoms with Gasteiger partial charge in [0, 0.05) is 0 Å². The third kappa shape index (κ3) is 1.89. The molecular formula is C8H12N2OS. The maximum absolute atomic E-state index is 11.5. The Morgan fingerprint density at radius 2 is 2.25 bits per heavy atom. The summed E-state index contributed by atoms with van der Waals surface area (Å²) < 4.78 is 4.02. The van der Waals surface area contributed by atoms with E-state index in [0.717, 1.165) is 5.69 Å². The molecule has 3 nitrogen and oxygen atoms in total. The first-order chi connectivity index (χ1) is 5.41. The van der Waals surface area contributed by atoms with Crippen molar-refractivity contribution in [3.05, 3.63) is 16.6 Å². The molecule has 0 aromatic carbocycles. The highest BCUT2D eigenvalue weighted by Gasteiger charge is 2.24. The number of carbonyl (C=O) groups excluding carboxylic acids is 1. The number of carbonyl (C=O) groups is 1. The smallest absolute Gasteiger partial charge is 0.193 e. The summed E-state index contributed by atoms with van der Waals surface area (Å²) in [6, 6.07) is 1.77. The summed E-state index contributed by atoms with van der Waals surface area (Å²) in [4.78, 5) is 12.2. The van der Waals surface area contributed by atoms with Gasteiger partial charge in [0.2, 0.25) is 0 Å². The Balaban J connectivity index is 2.93. The lowest BCUT2D eigenvalue weighted by molar-refractivity contribution is 0.0917. The molecular weight excluding hydrogens is 172 g/mol. The molecule has 12 heavy (non-hydrogen) atoms. The highest BCUT2D eigenvalue weighted by molar-refractivity contribution is 7.08. The first kappa shape index (κ1) is 9.35. The molecule has 2 N–H and O–H groups in total. The average Bonchev–Trinajstić information content (AvgIpc) is 2.32. The van der Waals surface area contributed by atoms with Crippen LogP contribution >= 0.6 is 11.5 Å². The summed E-state index contributed by atoms with van der Waals surface area (Å²) in [5.41, 5.74) is 5.73. The van der Waals surface area contributed by atoms with E-state index in [-0.39, 0.29) is 5.78 Å². The molecule has 0 radical (unpaired) electrons. The molecule has 1 heterocycles. The van der Waals surface area contributed by atoms with E-state index in [1.54, 1.807) is 19.9 Å². The first-order valence-electron chi connectivity index (χ1n) is 3.68. The molecule has 1 rings (SSSR count). The molecule has 4 heteroatoms. The molecule has 0 aliphatic rings. The van der Waals surface area contributed by atoms with E-state index >= 15 is 0 Å². The highest BCUT2D eigenvalue weighted by atomic mass is 32.1. The molecule has 66 valence electrons. The van der Waals surface area contributed by atoms with Gasteiger partial charge in [-0.3, -0.25) is 4.79 Å². The van der Waals surface area contributed by atoms with Crippen molar-refractivity contribution in [1.82, 2.24) is 4.37 Å². The third-order valence-corrected chi connectivity index (χ3v) is 2.32. The Bertz CT molecular complexity index is 298. The van der Waals surface area contributed by atoms with Gasteiger partial charge in [0.15, 0.2) is 5.78 Å². The average molecular weight is 184 g/mol. The van der Waals surface area contributed by atoms with Crippen LogP contribution < -0.4 is 5.73 Å². The van der Waals surface area contributed by atoms with Gasteiger partial charge in [-0.15, -0.1) is 0 Å². The minimum Gasteiger partial charge on any atom is -0.319 e. The van der Waals surface area contributed by atoms with Crippen LogP contribution in [-0.4, -0.2) is 15.7 Å². The lowest BCUT2D eigenvalue weighted by Crippen LogP contribution is -2.41. The van der Waals surface area contributed by atoms with E-state index < -0.39 is 5.54 Å². The van der Waals surface area contributed by atoms with Crippen LogP contribution in [0.3, 0.4) is 0 Å². The van der Waals surface area contributed by atoms with Crippen LogP contribution in [0.15, 0.2) is 6.07 Å². The predicted octanol–water partition coefficient (Wildman–Crippen LogP) is 1.37. The zero-order valence-corrected chi connectivity index (χ0v) is 8.23. The fourth-order valence-corrected chi connectivity index (χ4v) is 1.65. The van der Waals surface area contributed by atoms with Crippen LogP contribution in [0.2, 0.25) is 0 Å². The number of aromatic nitrogens is 1. The summed E-state index contributed by atoms with van der Waals surface area (Å²) in [5, 5.41) is 0. The summed E-state index contributed by atoms with van der Waals surface area (Å²) in [5.74, 6) is -0.0481. The summed E-state index contributed by atoms with van der Waals surface area (Å²) in [6.07, 6.45) is 0. The maximum Gasteiger partial charge on any atom is 0.193 e. The largest absolute Gasteiger partial charge is 0.319 e. The highest BCUT2D eigenvalue weighted by Crippen LogP contribution is 2.15. The lowest BCUT2D eigenvalue weighted by atomic mass is 10.00. The molecule has 0 atom stereocenters. The van der Waals surface area contributed by atoms with Crippen molar-refractivity contribution in [2.75, 3.05) is 0 Å². The van der Waals surface area contributed by atoms with Gasteiger partial charge in [-0.1, -0.05) is 0 Å². The van der Waals surface area contributed by atoms with E-state index in [1.165, 1.54) is 11.5 Å². The quantitative estimate of drug-likeness (QED) is 0.706. The number of nitrogens with zero attached hydrogens (tertiary/aromatic N) is 1. The number of rotatable bonds is 2. The third-order valence-electron chi connectivity index (χ3n) is 1.44. The van der Waals surface area contributed by atoms with E-state index in [9.17, 15) is 4.79 Å². The number of ketones is 1. The molecule has 1 aromatic rings. The summed E-state index contributed by atoms with van der Waals surface area (Å²) in [6.45, 7) is 5.26. The standard InChI is InChI=1S/C8H12N2OS/c1-5-4-6(12-10-5)7(11)8(2,3)9/h4H,9H2,1-3H3. The van der Waals surface area contributed by atoms with Gasteiger partial charge < -0.3 is 5.73 Å². The zero-order valence-electron chi connectivity index (χ0n) is 7.42. The van der Waals surface area contributed by atoms with Crippen LogP contribution in [0.4, 0.5) is 0 Å². The van der Waals surface area contributed by atoms with Crippen molar-refractivity contribution in [1.29, 1.82) is 0 Å². The SMILES string of the molecule is Cc1cc(C(=O)C(C)(C)N)sn1. The molecule has 0 aliphatic heterocycles. The Morgan fingerprint density at radius 1 is 1.67 bits per heavy atom. The van der Waals surface area contributed by atoms with Gasteiger partial charge >= 0.3 is 0 Å². The van der Waals surface area contributed by atoms with Crippen LogP contribution in [0, 0.1) is 6.92 Å². The van der Waals surface area contributed by atoms with Gasteiger partial charge in [-0.25, -0.2) is 0 Å². The number of nitrogens with two attached hydrogens (primary N) is 1. The van der Waals surface area contributed by atoms with Gasteiger partial charge in [0.25, 0.3) is 0 Å². The van der Waals surface area contributed by atoms with E-state index in [4.69, 9.17) is 5.73 Å². The van der Waals surface area contributed by atoms with Crippen LogP contribution in [-0.2, 0) is 0 Å². The normalized spacial score (nSPS) is 11.7. The first-order valence-corrected chi connectivity index (χ1v) is 4.45. The minimum absolute atomic E-state index is 0.0481. The maximum atomic E-state index is 11.5. The second kappa shape index (κ2) is 2.95. The molecule has 0 saturated carbocycles. The van der Waals surface area contributed by atoms with E-state index in [0.29, 0.717) is 4.88 Å². The van der Waals surface area contributed by atoms with Crippen molar-refractivity contribution >= 4 is 17.3 Å². The molecule has 0 saturated heterocycles. The monoisotopic (exact) mass is 184 g/mol. The number of hydrogen-bond acceptors (Lipinski definition) is 4. The summed E-state index contributed by atoms with van der Waals surface area (Å²) >= 11 is 1.20. The van der Waals surface area contributed by atoms with Crippen molar-refractivity contribution < 1.29 is 4.79 Å². The van der Waals surface area contributed by atoms with Gasteiger partial charge in [-0.05, 0) is 38.4 Å². The molecule has 1 aromatic heterocycles. The number of aryl methyl sites for hydroxylation is 1. The van der Waals surface area contributed by atoms with Crippen LogP contribution in [0.1, 0.15) is 29.2 Å². The fraction of sp³-hybridized carbons (Fsp3) is 0.500. The van der Waals surface area contributed by atoms with Gasteiger partial charge in [0.1, 0.15) is 0 Å². The molecule has 0 unspecified atom stereocenters. The Labute approximate surface area is 75.8 Å². The number of hydrogen-bond donors (Lipinski definition) is 1. The number of Topliss-reactive ketones (excluding diaryl/α,β-unsaturated/α-hetero) is 1. The summed E-state index contributed by atoms with van der Waals surface area (Å²) in [7, 11) is 0. The van der Waals surface area contributed by atoms with Crippen molar-refractivity contribution in [2.24, 2.45) is 5.73 Å². The molecule has 0 amide bonds. The Kier molecular flexibility index (Phi) is 2.30. The van der Waals surface area contributed by atoms with Gasteiger partial charge in [0.05, 0.1) is 16.1 Å². The second-order valence-electron chi connectivity index (χ2n) is 3.38. The molecule has 0 bridgehead atoms. The predicted molar refractivity (Wildman–Crippen MR) is 49.4 cm³/mol. The topological polar surface area (TPSA) is 56.0 Å². The lowest BCUT2D eigenvalue weighted by Gasteiger charge is -2.14. The van der Waals surface area contributed by atoms with Crippen LogP contribution in [0.5, 0.6) is 0 Å². The fourth-order valence-electron chi connectivity index (χ4n) is 0.788. The molecule has 0 spiro atoms. The van der Waals surface area contributed by atoms with Crippen LogP contribution in [0.25, 0.3) is 0 Å². The molecule has 0 aliphatic carbocycles.